The standard InChI is InChI=1S/C24H19FN2O2S/c1-16-6-8-17(9-7-16)15-29-21-5-3-2-4-18(21)14-22-23(28)27-24(30-22)26-20-12-10-19(25)11-13-20/h2-14H,15H2,1H3,(H,26,27,28)/b22-14+. The van der Waals surface area contributed by atoms with Crippen molar-refractivity contribution in [2.45, 2.75) is 13.5 Å². The van der Waals surface area contributed by atoms with Crippen molar-refractivity contribution in [2.75, 3.05) is 0 Å². The summed E-state index contributed by atoms with van der Waals surface area (Å²) in [6.07, 6.45) is 1.79. The van der Waals surface area contributed by atoms with Crippen LogP contribution in [0.1, 0.15) is 16.7 Å². The van der Waals surface area contributed by atoms with Gasteiger partial charge < -0.3 is 10.1 Å². The Kier molecular flexibility index (Phi) is 5.95. The fourth-order valence-electron chi connectivity index (χ4n) is 2.83. The molecule has 3 aromatic rings. The van der Waals surface area contributed by atoms with Crippen molar-refractivity contribution in [3.05, 3.63) is 100 Å². The van der Waals surface area contributed by atoms with E-state index in [0.717, 1.165) is 11.1 Å². The van der Waals surface area contributed by atoms with Crippen molar-refractivity contribution in [1.82, 2.24) is 5.32 Å². The number of benzene rings is 3. The van der Waals surface area contributed by atoms with Gasteiger partial charge in [-0.1, -0.05) is 48.0 Å². The molecular weight excluding hydrogens is 399 g/mol. The van der Waals surface area contributed by atoms with Gasteiger partial charge in [-0.2, -0.15) is 0 Å². The quantitative estimate of drug-likeness (QED) is 0.549. The Bertz CT molecular complexity index is 1120. The number of amidine groups is 1. The minimum absolute atomic E-state index is 0.228. The summed E-state index contributed by atoms with van der Waals surface area (Å²) in [5.74, 6) is 0.141. The first-order valence-electron chi connectivity index (χ1n) is 9.39. The molecule has 1 N–H and O–H groups in total. The molecule has 0 saturated carbocycles. The third-order valence-corrected chi connectivity index (χ3v) is 5.34. The lowest BCUT2D eigenvalue weighted by Gasteiger charge is -2.10. The van der Waals surface area contributed by atoms with Crippen molar-refractivity contribution >= 4 is 34.6 Å². The summed E-state index contributed by atoms with van der Waals surface area (Å²) in [6, 6.07) is 21.5. The summed E-state index contributed by atoms with van der Waals surface area (Å²) in [6.45, 7) is 2.49. The van der Waals surface area contributed by atoms with Crippen molar-refractivity contribution < 1.29 is 13.9 Å². The highest BCUT2D eigenvalue weighted by molar-refractivity contribution is 8.18. The summed E-state index contributed by atoms with van der Waals surface area (Å²) >= 11 is 1.24. The molecule has 0 atom stereocenters. The van der Waals surface area contributed by atoms with Crippen molar-refractivity contribution in [2.24, 2.45) is 4.99 Å². The lowest BCUT2D eigenvalue weighted by atomic mass is 10.1. The monoisotopic (exact) mass is 418 g/mol. The molecule has 0 spiro atoms. The lowest BCUT2D eigenvalue weighted by Crippen LogP contribution is -2.19. The number of aryl methyl sites for hydroxylation is 1. The summed E-state index contributed by atoms with van der Waals surface area (Å²) in [5.41, 5.74) is 3.66. The Morgan fingerprint density at radius 1 is 1.03 bits per heavy atom. The molecule has 0 radical (unpaired) electrons. The molecule has 150 valence electrons. The molecule has 1 amide bonds. The first-order chi connectivity index (χ1) is 14.6. The van der Waals surface area contributed by atoms with Gasteiger partial charge in [0.25, 0.3) is 5.91 Å². The maximum atomic E-state index is 13.0. The number of amides is 1. The minimum atomic E-state index is -0.329. The van der Waals surface area contributed by atoms with E-state index in [0.29, 0.717) is 28.1 Å². The number of carbonyl (C=O) groups excluding carboxylic acids is 1. The fourth-order valence-corrected chi connectivity index (χ4v) is 3.66. The van der Waals surface area contributed by atoms with Crippen LogP contribution in [0.4, 0.5) is 10.1 Å². The number of rotatable bonds is 5. The zero-order valence-electron chi connectivity index (χ0n) is 16.3. The van der Waals surface area contributed by atoms with E-state index in [4.69, 9.17) is 4.74 Å². The Hall–Kier alpha value is -3.38. The van der Waals surface area contributed by atoms with Gasteiger partial charge in [0.15, 0.2) is 5.17 Å². The van der Waals surface area contributed by atoms with Crippen LogP contribution >= 0.6 is 11.8 Å². The molecule has 3 aromatic carbocycles. The molecule has 1 aliphatic heterocycles. The Morgan fingerprint density at radius 3 is 2.53 bits per heavy atom. The van der Waals surface area contributed by atoms with Crippen LogP contribution in [0, 0.1) is 12.7 Å². The molecule has 1 heterocycles. The van der Waals surface area contributed by atoms with Gasteiger partial charge >= 0.3 is 0 Å². The molecule has 0 bridgehead atoms. The molecule has 0 aromatic heterocycles. The second-order valence-corrected chi connectivity index (χ2v) is 7.80. The van der Waals surface area contributed by atoms with Crippen molar-refractivity contribution in [3.63, 3.8) is 0 Å². The van der Waals surface area contributed by atoms with Gasteiger partial charge in [-0.3, -0.25) is 4.79 Å². The third-order valence-electron chi connectivity index (χ3n) is 4.43. The van der Waals surface area contributed by atoms with Crippen LogP contribution < -0.4 is 10.1 Å². The fraction of sp³-hybridized carbons (Fsp3) is 0.0833. The molecule has 0 unspecified atom stereocenters. The van der Waals surface area contributed by atoms with Crippen LogP contribution in [0.5, 0.6) is 5.75 Å². The maximum Gasteiger partial charge on any atom is 0.264 e. The Morgan fingerprint density at radius 2 is 1.77 bits per heavy atom. The number of nitrogens with one attached hydrogen (secondary N) is 1. The topological polar surface area (TPSA) is 50.7 Å². The molecule has 4 rings (SSSR count). The number of carbonyl (C=O) groups is 1. The number of aliphatic imine (C=N–C) groups is 1. The summed E-state index contributed by atoms with van der Waals surface area (Å²) < 4.78 is 19.0. The van der Waals surface area contributed by atoms with E-state index in [-0.39, 0.29) is 11.7 Å². The largest absolute Gasteiger partial charge is 0.488 e. The zero-order chi connectivity index (χ0) is 20.9. The number of hydrogen-bond acceptors (Lipinski definition) is 4. The van der Waals surface area contributed by atoms with E-state index >= 15 is 0 Å². The first-order valence-corrected chi connectivity index (χ1v) is 10.2. The number of nitrogens with zero attached hydrogens (tertiary/aromatic N) is 1. The van der Waals surface area contributed by atoms with E-state index in [2.05, 4.69) is 10.3 Å². The summed E-state index contributed by atoms with van der Waals surface area (Å²) in [5, 5.41) is 3.20. The van der Waals surface area contributed by atoms with Gasteiger partial charge in [0, 0.05) is 5.56 Å². The molecule has 0 aliphatic carbocycles. The van der Waals surface area contributed by atoms with Crippen LogP contribution in [0.15, 0.2) is 82.7 Å². The van der Waals surface area contributed by atoms with Gasteiger partial charge in [-0.15, -0.1) is 0 Å². The second kappa shape index (κ2) is 8.97. The van der Waals surface area contributed by atoms with Gasteiger partial charge in [-0.05, 0) is 60.7 Å². The van der Waals surface area contributed by atoms with Crippen LogP contribution in [0.3, 0.4) is 0 Å². The average Bonchev–Trinajstić information content (AvgIpc) is 3.09. The van der Waals surface area contributed by atoms with Crippen molar-refractivity contribution in [1.29, 1.82) is 0 Å². The predicted octanol–water partition coefficient (Wildman–Crippen LogP) is 5.60. The average molecular weight is 418 g/mol. The van der Waals surface area contributed by atoms with E-state index < -0.39 is 0 Å². The molecule has 1 aliphatic rings. The van der Waals surface area contributed by atoms with Gasteiger partial charge in [0.1, 0.15) is 18.2 Å². The van der Waals surface area contributed by atoms with Crippen LogP contribution in [-0.4, -0.2) is 11.1 Å². The molecule has 4 nitrogen and oxygen atoms in total. The number of para-hydroxylation sites is 1. The van der Waals surface area contributed by atoms with Crippen LogP contribution in [0.2, 0.25) is 0 Å². The van der Waals surface area contributed by atoms with Gasteiger partial charge in [-0.25, -0.2) is 9.38 Å². The van der Waals surface area contributed by atoms with E-state index in [9.17, 15) is 9.18 Å². The Balaban J connectivity index is 1.51. The Labute approximate surface area is 178 Å². The molecule has 1 fully saturated rings. The number of thioether (sulfide) groups is 1. The predicted molar refractivity (Wildman–Crippen MR) is 119 cm³/mol. The van der Waals surface area contributed by atoms with E-state index in [1.165, 1.54) is 29.5 Å². The highest BCUT2D eigenvalue weighted by Crippen LogP contribution is 2.31. The second-order valence-electron chi connectivity index (χ2n) is 6.77. The van der Waals surface area contributed by atoms with E-state index in [1.54, 1.807) is 18.2 Å². The third kappa shape index (κ3) is 4.96. The SMILES string of the molecule is Cc1ccc(COc2ccccc2/C=C2/SC(=Nc3ccc(F)cc3)NC2=O)cc1. The smallest absolute Gasteiger partial charge is 0.264 e. The van der Waals surface area contributed by atoms with Crippen molar-refractivity contribution in [3.8, 4) is 5.75 Å². The summed E-state index contributed by atoms with van der Waals surface area (Å²) in [7, 11) is 0. The molecular formula is C24H19FN2O2S. The van der Waals surface area contributed by atoms with E-state index in [1.807, 2.05) is 55.5 Å². The zero-order valence-corrected chi connectivity index (χ0v) is 17.1. The van der Waals surface area contributed by atoms with Gasteiger partial charge in [0.2, 0.25) is 0 Å². The molecule has 1 saturated heterocycles. The minimum Gasteiger partial charge on any atom is -0.488 e. The highest BCUT2D eigenvalue weighted by Gasteiger charge is 2.24. The number of hydrogen-bond donors (Lipinski definition) is 1. The first kappa shape index (κ1) is 19.9. The highest BCUT2D eigenvalue weighted by atomic mass is 32.2. The normalized spacial score (nSPS) is 16.1. The van der Waals surface area contributed by atoms with Gasteiger partial charge in [0.05, 0.1) is 10.6 Å². The maximum absolute atomic E-state index is 13.0. The van der Waals surface area contributed by atoms with Crippen LogP contribution in [0.25, 0.3) is 6.08 Å². The van der Waals surface area contributed by atoms with Crippen LogP contribution in [-0.2, 0) is 11.4 Å². The molecule has 30 heavy (non-hydrogen) atoms. The molecule has 6 heteroatoms. The number of ether oxygens (including phenoxy) is 1. The summed E-state index contributed by atoms with van der Waals surface area (Å²) in [4.78, 5) is 17.2. The lowest BCUT2D eigenvalue weighted by molar-refractivity contribution is -0.115. The number of halogens is 1.